The van der Waals surface area contributed by atoms with Crippen molar-refractivity contribution in [3.05, 3.63) is 41.0 Å². The van der Waals surface area contributed by atoms with Crippen molar-refractivity contribution in [2.75, 3.05) is 37.7 Å². The van der Waals surface area contributed by atoms with Crippen LogP contribution in [-0.4, -0.2) is 86.9 Å². The van der Waals surface area contributed by atoms with E-state index in [1.807, 2.05) is 31.7 Å². The maximum Gasteiger partial charge on any atom is 0.410 e. The molecule has 9 nitrogen and oxygen atoms in total. The fourth-order valence-electron chi connectivity index (χ4n) is 6.58. The molecule has 2 unspecified atom stereocenters. The van der Waals surface area contributed by atoms with E-state index < -0.39 is 5.60 Å². The standard InChI is InChI=1S/C28H35BrN6O3/c1-17-9-28(10-18(2)13-34(28)12-17)16-37-25-31-22-8-19(29)11-30-23(22)24(32-25)33-14-20-6-7-21(15-33)35(20)26(36)38-27(3,4)5/h8,11,20-21H,1-2,6-7,9-10,12-16H2,3-5H3. The monoisotopic (exact) mass is 582 g/mol. The summed E-state index contributed by atoms with van der Waals surface area (Å²) in [5, 5.41) is 0. The molecule has 4 fully saturated rings. The van der Waals surface area contributed by atoms with Gasteiger partial charge >= 0.3 is 12.1 Å². The predicted octanol–water partition coefficient (Wildman–Crippen LogP) is 4.71. The molecule has 38 heavy (non-hydrogen) atoms. The topological polar surface area (TPSA) is 83.9 Å². The number of aromatic nitrogens is 3. The van der Waals surface area contributed by atoms with E-state index in [2.05, 4.69) is 43.9 Å². The second-order valence-electron chi connectivity index (χ2n) is 12.3. The summed E-state index contributed by atoms with van der Waals surface area (Å²) >= 11 is 3.53. The Balaban J connectivity index is 1.27. The van der Waals surface area contributed by atoms with Gasteiger partial charge in [-0.1, -0.05) is 24.3 Å². The molecule has 202 valence electrons. The largest absolute Gasteiger partial charge is 0.461 e. The van der Waals surface area contributed by atoms with Crippen molar-refractivity contribution in [2.24, 2.45) is 0 Å². The van der Waals surface area contributed by atoms with Crippen molar-refractivity contribution in [3.8, 4) is 6.01 Å². The van der Waals surface area contributed by atoms with Crippen molar-refractivity contribution in [3.63, 3.8) is 0 Å². The number of ether oxygens (including phenoxy) is 2. The molecule has 4 aliphatic rings. The normalized spacial score (nSPS) is 24.8. The van der Waals surface area contributed by atoms with Gasteiger partial charge < -0.3 is 14.4 Å². The van der Waals surface area contributed by atoms with Crippen LogP contribution in [0, 0.1) is 0 Å². The number of amides is 1. The van der Waals surface area contributed by atoms with Crippen LogP contribution in [0.3, 0.4) is 0 Å². The molecule has 0 saturated carbocycles. The number of nitrogens with zero attached hydrogens (tertiary/aromatic N) is 6. The van der Waals surface area contributed by atoms with Gasteiger partial charge in [0.15, 0.2) is 5.82 Å². The van der Waals surface area contributed by atoms with Gasteiger partial charge in [0.05, 0.1) is 23.1 Å². The van der Waals surface area contributed by atoms with Crippen LogP contribution in [0.15, 0.2) is 41.0 Å². The molecule has 10 heteroatoms. The minimum absolute atomic E-state index is 0.0647. The number of hydrogen-bond acceptors (Lipinski definition) is 8. The first kappa shape index (κ1) is 25.6. The molecular formula is C28H35BrN6O3. The quantitative estimate of drug-likeness (QED) is 0.479. The summed E-state index contributed by atoms with van der Waals surface area (Å²) in [5.41, 5.74) is 3.27. The summed E-state index contributed by atoms with van der Waals surface area (Å²) in [7, 11) is 0. The van der Waals surface area contributed by atoms with E-state index in [-0.39, 0.29) is 23.7 Å². The minimum atomic E-state index is -0.521. The summed E-state index contributed by atoms with van der Waals surface area (Å²) in [6.45, 7) is 17.8. The van der Waals surface area contributed by atoms with E-state index in [1.165, 1.54) is 11.1 Å². The smallest absolute Gasteiger partial charge is 0.410 e. The lowest BCUT2D eigenvalue weighted by Crippen LogP contribution is -2.57. The average Bonchev–Trinajstić information content (AvgIpc) is 3.39. The molecule has 0 radical (unpaired) electrons. The highest BCUT2D eigenvalue weighted by Gasteiger charge is 2.48. The third kappa shape index (κ3) is 4.66. The SMILES string of the molecule is C=C1CN2CC(=C)CC2(COc2nc(N3CC4CCC(C3)N4C(=O)OC(C)(C)C)c3ncc(Br)cc3n2)C1. The second kappa shape index (κ2) is 9.19. The van der Waals surface area contributed by atoms with Crippen molar-refractivity contribution < 1.29 is 14.3 Å². The Bertz CT molecular complexity index is 1290. The number of hydrogen-bond donors (Lipinski definition) is 0. The lowest BCUT2D eigenvalue weighted by atomic mass is 9.92. The Labute approximate surface area is 232 Å². The average molecular weight is 584 g/mol. The molecule has 6 heterocycles. The Morgan fingerprint density at radius 2 is 1.79 bits per heavy atom. The first-order valence-corrected chi connectivity index (χ1v) is 14.1. The molecule has 2 aromatic rings. The van der Waals surface area contributed by atoms with E-state index in [4.69, 9.17) is 19.4 Å². The summed E-state index contributed by atoms with van der Waals surface area (Å²) in [6.07, 6.45) is 5.22. The number of piperazine rings is 1. The molecule has 1 amide bonds. The van der Waals surface area contributed by atoms with Crippen LogP contribution in [0.25, 0.3) is 11.0 Å². The molecule has 6 rings (SSSR count). The zero-order valence-electron chi connectivity index (χ0n) is 22.4. The molecular weight excluding hydrogens is 548 g/mol. The molecule has 0 N–H and O–H groups in total. The highest BCUT2D eigenvalue weighted by atomic mass is 79.9. The fraction of sp³-hybridized carbons (Fsp3) is 0.571. The van der Waals surface area contributed by atoms with Gasteiger partial charge in [0.25, 0.3) is 0 Å². The molecule has 2 bridgehead atoms. The van der Waals surface area contributed by atoms with Gasteiger partial charge in [-0.05, 0) is 68.5 Å². The Hall–Kier alpha value is -2.72. The number of halogens is 1. The predicted molar refractivity (Wildman–Crippen MR) is 149 cm³/mol. The van der Waals surface area contributed by atoms with Crippen molar-refractivity contribution in [1.29, 1.82) is 0 Å². The first-order chi connectivity index (χ1) is 18.0. The van der Waals surface area contributed by atoms with Gasteiger partial charge in [-0.25, -0.2) is 9.78 Å². The summed E-state index contributed by atoms with van der Waals surface area (Å²) in [5.74, 6) is 0.749. The maximum absolute atomic E-state index is 13.0. The second-order valence-corrected chi connectivity index (χ2v) is 13.2. The highest BCUT2D eigenvalue weighted by Crippen LogP contribution is 2.43. The molecule has 4 aliphatic heterocycles. The highest BCUT2D eigenvalue weighted by molar-refractivity contribution is 9.10. The zero-order valence-corrected chi connectivity index (χ0v) is 24.0. The van der Waals surface area contributed by atoms with Gasteiger partial charge in [-0.2, -0.15) is 9.97 Å². The number of carbonyl (C=O) groups is 1. The third-order valence-corrected chi connectivity index (χ3v) is 8.41. The van der Waals surface area contributed by atoms with Crippen molar-refractivity contribution in [2.45, 2.75) is 69.7 Å². The van der Waals surface area contributed by atoms with Gasteiger partial charge in [0.2, 0.25) is 0 Å². The maximum atomic E-state index is 13.0. The summed E-state index contributed by atoms with van der Waals surface area (Å²) < 4.78 is 12.9. The van der Waals surface area contributed by atoms with Crippen LogP contribution in [0.4, 0.5) is 10.6 Å². The van der Waals surface area contributed by atoms with Crippen molar-refractivity contribution in [1.82, 2.24) is 24.8 Å². The van der Waals surface area contributed by atoms with Crippen LogP contribution in [0.2, 0.25) is 0 Å². The minimum Gasteiger partial charge on any atom is -0.461 e. The van der Waals surface area contributed by atoms with Crippen molar-refractivity contribution >= 4 is 38.9 Å². The van der Waals surface area contributed by atoms with E-state index in [0.29, 0.717) is 25.7 Å². The number of rotatable bonds is 4. The molecule has 0 aliphatic carbocycles. The van der Waals surface area contributed by atoms with Gasteiger partial charge in [-0.3, -0.25) is 9.80 Å². The zero-order chi connectivity index (χ0) is 26.8. The van der Waals surface area contributed by atoms with Gasteiger partial charge in [0, 0.05) is 36.8 Å². The number of carbonyl (C=O) groups excluding carboxylic acids is 1. The van der Waals surface area contributed by atoms with Gasteiger partial charge in [0.1, 0.15) is 17.7 Å². The third-order valence-electron chi connectivity index (χ3n) is 7.98. The van der Waals surface area contributed by atoms with E-state index in [0.717, 1.165) is 60.1 Å². The summed E-state index contributed by atoms with van der Waals surface area (Å²) in [6, 6.07) is 2.43. The Morgan fingerprint density at radius 1 is 1.13 bits per heavy atom. The van der Waals surface area contributed by atoms with Crippen LogP contribution < -0.4 is 9.64 Å². The molecule has 2 atom stereocenters. The number of fused-ring (bicyclic) bond motifs is 4. The van der Waals surface area contributed by atoms with Crippen LogP contribution in [0.1, 0.15) is 46.5 Å². The van der Waals surface area contributed by atoms with E-state index in [1.54, 1.807) is 6.20 Å². The fourth-order valence-corrected chi connectivity index (χ4v) is 6.90. The molecule has 0 spiro atoms. The molecule has 4 saturated heterocycles. The molecule has 2 aromatic heterocycles. The number of anilines is 1. The van der Waals surface area contributed by atoms with E-state index in [9.17, 15) is 4.79 Å². The number of pyridine rings is 1. The lowest BCUT2D eigenvalue weighted by molar-refractivity contribution is 0.0122. The van der Waals surface area contributed by atoms with E-state index >= 15 is 0 Å². The first-order valence-electron chi connectivity index (χ1n) is 13.3. The van der Waals surface area contributed by atoms with Crippen LogP contribution in [0.5, 0.6) is 6.01 Å². The Morgan fingerprint density at radius 3 is 2.42 bits per heavy atom. The van der Waals surface area contributed by atoms with Crippen LogP contribution >= 0.6 is 15.9 Å². The lowest BCUT2D eigenvalue weighted by Gasteiger charge is -2.41. The summed E-state index contributed by atoms with van der Waals surface area (Å²) in [4.78, 5) is 33.9. The molecule has 0 aromatic carbocycles. The Kier molecular flexibility index (Phi) is 6.18. The van der Waals surface area contributed by atoms with Gasteiger partial charge in [-0.15, -0.1) is 0 Å². The van der Waals surface area contributed by atoms with Crippen LogP contribution in [-0.2, 0) is 4.74 Å².